The van der Waals surface area contributed by atoms with Crippen molar-refractivity contribution in [2.24, 2.45) is 0 Å². The van der Waals surface area contributed by atoms with Gasteiger partial charge in [0.2, 0.25) is 0 Å². The van der Waals surface area contributed by atoms with E-state index in [0.29, 0.717) is 24.2 Å². The van der Waals surface area contributed by atoms with E-state index in [0.717, 1.165) is 29.5 Å². The van der Waals surface area contributed by atoms with Gasteiger partial charge in [-0.3, -0.25) is 4.79 Å². The van der Waals surface area contributed by atoms with E-state index in [1.807, 2.05) is 12.1 Å². The zero-order valence-electron chi connectivity index (χ0n) is 14.2. The summed E-state index contributed by atoms with van der Waals surface area (Å²) in [6.07, 6.45) is -4.30. The molecule has 3 rings (SSSR count). The number of amides is 1. The normalized spacial score (nSPS) is 19.8. The first-order valence-corrected chi connectivity index (χ1v) is 9.22. The lowest BCUT2D eigenvalue weighted by Crippen LogP contribution is -2.31. The van der Waals surface area contributed by atoms with E-state index in [9.17, 15) is 23.1 Å². The SMILES string of the molecule is O=C1NC(O)C(Cc2ccc(OCCc3cccc(C(F)(F)F)c3)cc2)S1. The summed E-state index contributed by atoms with van der Waals surface area (Å²) >= 11 is 1.08. The van der Waals surface area contributed by atoms with E-state index < -0.39 is 18.0 Å². The van der Waals surface area contributed by atoms with Crippen LogP contribution in [0.15, 0.2) is 48.5 Å². The van der Waals surface area contributed by atoms with Gasteiger partial charge in [0, 0.05) is 6.42 Å². The van der Waals surface area contributed by atoms with Crippen molar-refractivity contribution < 1.29 is 27.8 Å². The Labute approximate surface area is 158 Å². The van der Waals surface area contributed by atoms with E-state index in [2.05, 4.69) is 5.32 Å². The summed E-state index contributed by atoms with van der Waals surface area (Å²) in [5.41, 5.74) is 0.850. The predicted molar refractivity (Wildman–Crippen MR) is 96.7 cm³/mol. The summed E-state index contributed by atoms with van der Waals surface area (Å²) in [7, 11) is 0. The van der Waals surface area contributed by atoms with Gasteiger partial charge in [0.05, 0.1) is 17.4 Å². The van der Waals surface area contributed by atoms with Crippen LogP contribution in [0.5, 0.6) is 5.75 Å². The van der Waals surface area contributed by atoms with Crippen molar-refractivity contribution in [1.82, 2.24) is 5.32 Å². The number of thioether (sulfide) groups is 1. The molecule has 1 amide bonds. The fourth-order valence-corrected chi connectivity index (χ4v) is 3.68. The van der Waals surface area contributed by atoms with Crippen molar-refractivity contribution in [2.45, 2.75) is 30.5 Å². The van der Waals surface area contributed by atoms with E-state index in [4.69, 9.17) is 4.74 Å². The minimum atomic E-state index is -4.35. The molecule has 1 aliphatic rings. The number of hydrogen-bond acceptors (Lipinski definition) is 4. The highest BCUT2D eigenvalue weighted by atomic mass is 32.2. The van der Waals surface area contributed by atoms with Crippen molar-refractivity contribution in [1.29, 1.82) is 0 Å². The molecule has 1 aliphatic heterocycles. The molecule has 2 N–H and O–H groups in total. The average Bonchev–Trinajstić information content (AvgIpc) is 2.93. The standard InChI is InChI=1S/C19H18F3NO3S/c20-19(21,22)14-3-1-2-12(10-14)8-9-26-15-6-4-13(5-7-15)11-16-17(24)23-18(25)27-16/h1-7,10,16-17,24H,8-9,11H2,(H,23,25). The zero-order valence-corrected chi connectivity index (χ0v) is 15.0. The molecule has 0 radical (unpaired) electrons. The molecule has 0 aromatic heterocycles. The Bertz CT molecular complexity index is 796. The number of benzene rings is 2. The molecule has 1 saturated heterocycles. The Morgan fingerprint density at radius 2 is 1.85 bits per heavy atom. The van der Waals surface area contributed by atoms with E-state index in [1.54, 1.807) is 18.2 Å². The molecular weight excluding hydrogens is 379 g/mol. The number of halogens is 3. The van der Waals surface area contributed by atoms with Gasteiger partial charge in [0.25, 0.3) is 5.24 Å². The molecule has 0 saturated carbocycles. The number of aliphatic hydroxyl groups excluding tert-OH is 1. The van der Waals surface area contributed by atoms with Crippen LogP contribution in [0, 0.1) is 0 Å². The summed E-state index contributed by atoms with van der Waals surface area (Å²) in [6.45, 7) is 0.260. The number of carbonyl (C=O) groups excluding carboxylic acids is 1. The van der Waals surface area contributed by atoms with Crippen LogP contribution in [0.3, 0.4) is 0 Å². The van der Waals surface area contributed by atoms with Crippen LogP contribution in [0.4, 0.5) is 18.0 Å². The Morgan fingerprint density at radius 3 is 2.48 bits per heavy atom. The largest absolute Gasteiger partial charge is 0.493 e. The average molecular weight is 397 g/mol. The van der Waals surface area contributed by atoms with Crippen molar-refractivity contribution >= 4 is 17.0 Å². The van der Waals surface area contributed by atoms with Crippen molar-refractivity contribution in [3.05, 3.63) is 65.2 Å². The minimum absolute atomic E-state index is 0.231. The quantitative estimate of drug-likeness (QED) is 0.773. The second kappa shape index (κ2) is 8.22. The van der Waals surface area contributed by atoms with Crippen LogP contribution < -0.4 is 10.1 Å². The monoisotopic (exact) mass is 397 g/mol. The first kappa shape index (κ1) is 19.6. The van der Waals surface area contributed by atoms with Gasteiger partial charge in [0.15, 0.2) is 0 Å². The Morgan fingerprint density at radius 1 is 1.11 bits per heavy atom. The third-order valence-corrected chi connectivity index (χ3v) is 5.21. The van der Waals surface area contributed by atoms with Crippen molar-refractivity contribution in [2.75, 3.05) is 6.61 Å². The zero-order chi connectivity index (χ0) is 19.4. The second-order valence-electron chi connectivity index (χ2n) is 6.18. The van der Waals surface area contributed by atoms with Crippen LogP contribution in [-0.4, -0.2) is 28.4 Å². The summed E-state index contributed by atoms with van der Waals surface area (Å²) in [4.78, 5) is 11.2. The summed E-state index contributed by atoms with van der Waals surface area (Å²) in [5, 5.41) is 11.7. The smallest absolute Gasteiger partial charge is 0.416 e. The lowest BCUT2D eigenvalue weighted by atomic mass is 10.1. The third-order valence-electron chi connectivity index (χ3n) is 4.15. The number of nitrogens with one attached hydrogen (secondary N) is 1. The predicted octanol–water partition coefficient (Wildman–Crippen LogP) is 4.01. The van der Waals surface area contributed by atoms with Crippen LogP contribution in [0.25, 0.3) is 0 Å². The fourth-order valence-electron chi connectivity index (χ4n) is 2.75. The van der Waals surface area contributed by atoms with Crippen LogP contribution in [0.1, 0.15) is 16.7 Å². The van der Waals surface area contributed by atoms with Gasteiger partial charge in [-0.15, -0.1) is 0 Å². The molecule has 1 heterocycles. The van der Waals surface area contributed by atoms with Crippen LogP contribution >= 0.6 is 11.8 Å². The minimum Gasteiger partial charge on any atom is -0.493 e. The highest BCUT2D eigenvalue weighted by Crippen LogP contribution is 2.30. The van der Waals surface area contributed by atoms with Gasteiger partial charge in [-0.2, -0.15) is 13.2 Å². The molecule has 8 heteroatoms. The molecule has 0 aliphatic carbocycles. The van der Waals surface area contributed by atoms with Gasteiger partial charge in [-0.05, 0) is 35.7 Å². The molecule has 27 heavy (non-hydrogen) atoms. The maximum atomic E-state index is 12.7. The number of ether oxygens (including phenoxy) is 1. The number of hydrogen-bond donors (Lipinski definition) is 2. The molecular formula is C19H18F3NO3S. The molecule has 4 nitrogen and oxygen atoms in total. The van der Waals surface area contributed by atoms with Crippen LogP contribution in [-0.2, 0) is 19.0 Å². The summed E-state index contributed by atoms with van der Waals surface area (Å²) in [6, 6.07) is 12.4. The maximum Gasteiger partial charge on any atom is 0.416 e. The maximum absolute atomic E-state index is 12.7. The van der Waals surface area contributed by atoms with E-state index in [-0.39, 0.29) is 17.1 Å². The molecule has 2 aromatic carbocycles. The Kier molecular flexibility index (Phi) is 5.96. The molecule has 2 atom stereocenters. The van der Waals surface area contributed by atoms with Crippen molar-refractivity contribution in [3.8, 4) is 5.75 Å². The number of alkyl halides is 3. The first-order valence-electron chi connectivity index (χ1n) is 8.34. The molecule has 0 spiro atoms. The van der Waals surface area contributed by atoms with E-state index in [1.165, 1.54) is 6.07 Å². The lowest BCUT2D eigenvalue weighted by molar-refractivity contribution is -0.137. The third kappa shape index (κ3) is 5.40. The summed E-state index contributed by atoms with van der Waals surface area (Å²) in [5.74, 6) is 0.611. The Hall–Kier alpha value is -2.19. The second-order valence-corrected chi connectivity index (χ2v) is 7.39. The molecule has 2 aromatic rings. The first-order chi connectivity index (χ1) is 12.8. The number of rotatable bonds is 6. The van der Waals surface area contributed by atoms with E-state index >= 15 is 0 Å². The number of aliphatic hydroxyl groups is 1. The molecule has 1 fully saturated rings. The Balaban J connectivity index is 1.50. The number of carbonyl (C=O) groups is 1. The van der Waals surface area contributed by atoms with Gasteiger partial charge in [0.1, 0.15) is 12.0 Å². The highest BCUT2D eigenvalue weighted by Gasteiger charge is 2.31. The molecule has 2 unspecified atom stereocenters. The van der Waals surface area contributed by atoms with Crippen LogP contribution in [0.2, 0.25) is 0 Å². The highest BCUT2D eigenvalue weighted by molar-refractivity contribution is 8.14. The lowest BCUT2D eigenvalue weighted by Gasteiger charge is -2.13. The van der Waals surface area contributed by atoms with Crippen molar-refractivity contribution in [3.63, 3.8) is 0 Å². The summed E-state index contributed by atoms with van der Waals surface area (Å²) < 4.78 is 43.7. The topological polar surface area (TPSA) is 58.6 Å². The van der Waals surface area contributed by atoms with Gasteiger partial charge in [-0.25, -0.2) is 0 Å². The van der Waals surface area contributed by atoms with Gasteiger partial charge < -0.3 is 15.2 Å². The molecule has 144 valence electrons. The fraction of sp³-hybridized carbons (Fsp3) is 0.316. The van der Waals surface area contributed by atoms with Gasteiger partial charge in [-0.1, -0.05) is 42.1 Å². The molecule has 0 bridgehead atoms. The van der Waals surface area contributed by atoms with Gasteiger partial charge >= 0.3 is 6.18 Å².